The standard InChI is InChI=1S/C15H14FNO2/c1-9-3-5-12(16)8-13(9)17-15(19)11-4-6-14(18)10(2)7-11/h3-8,18H,1-2H3,(H,17,19). The molecule has 2 aromatic carbocycles. The second-order valence-electron chi connectivity index (χ2n) is 4.41. The summed E-state index contributed by atoms with van der Waals surface area (Å²) in [7, 11) is 0. The number of aryl methyl sites for hydroxylation is 2. The van der Waals surface area contributed by atoms with E-state index in [0.29, 0.717) is 16.8 Å². The maximum Gasteiger partial charge on any atom is 0.255 e. The van der Waals surface area contributed by atoms with Crippen LogP contribution in [0.4, 0.5) is 10.1 Å². The van der Waals surface area contributed by atoms with Gasteiger partial charge in [0.2, 0.25) is 0 Å². The molecule has 0 aliphatic rings. The van der Waals surface area contributed by atoms with E-state index in [2.05, 4.69) is 5.32 Å². The molecule has 0 aliphatic heterocycles. The Labute approximate surface area is 110 Å². The molecule has 2 aromatic rings. The van der Waals surface area contributed by atoms with Gasteiger partial charge in [-0.2, -0.15) is 0 Å². The third-order valence-electron chi connectivity index (χ3n) is 2.91. The number of carbonyl (C=O) groups excluding carboxylic acids is 1. The maximum absolute atomic E-state index is 13.1. The third kappa shape index (κ3) is 2.91. The van der Waals surface area contributed by atoms with Crippen LogP contribution in [0.2, 0.25) is 0 Å². The Hall–Kier alpha value is -2.36. The predicted octanol–water partition coefficient (Wildman–Crippen LogP) is 3.40. The van der Waals surface area contributed by atoms with Crippen molar-refractivity contribution in [3.05, 3.63) is 58.9 Å². The van der Waals surface area contributed by atoms with Crippen molar-refractivity contribution in [2.75, 3.05) is 5.32 Å². The fourth-order valence-electron chi connectivity index (χ4n) is 1.72. The Morgan fingerprint density at radius 2 is 1.84 bits per heavy atom. The number of anilines is 1. The molecule has 0 bridgehead atoms. The number of carbonyl (C=O) groups is 1. The summed E-state index contributed by atoms with van der Waals surface area (Å²) in [5.41, 5.74) is 2.25. The van der Waals surface area contributed by atoms with Crippen molar-refractivity contribution >= 4 is 11.6 Å². The number of hydrogen-bond acceptors (Lipinski definition) is 2. The normalized spacial score (nSPS) is 10.3. The Morgan fingerprint density at radius 3 is 2.53 bits per heavy atom. The Kier molecular flexibility index (Phi) is 3.51. The molecule has 0 atom stereocenters. The molecule has 2 N–H and O–H groups in total. The van der Waals surface area contributed by atoms with Crippen LogP contribution in [0.25, 0.3) is 0 Å². The number of aromatic hydroxyl groups is 1. The lowest BCUT2D eigenvalue weighted by atomic mass is 10.1. The highest BCUT2D eigenvalue weighted by Gasteiger charge is 2.09. The van der Waals surface area contributed by atoms with Gasteiger partial charge < -0.3 is 10.4 Å². The highest BCUT2D eigenvalue weighted by atomic mass is 19.1. The molecule has 19 heavy (non-hydrogen) atoms. The topological polar surface area (TPSA) is 49.3 Å². The smallest absolute Gasteiger partial charge is 0.255 e. The van der Waals surface area contributed by atoms with Crippen molar-refractivity contribution in [3.63, 3.8) is 0 Å². The molecule has 0 radical (unpaired) electrons. The number of benzene rings is 2. The monoisotopic (exact) mass is 259 g/mol. The van der Waals surface area contributed by atoms with E-state index < -0.39 is 5.82 Å². The van der Waals surface area contributed by atoms with Gasteiger partial charge in [0, 0.05) is 11.3 Å². The van der Waals surface area contributed by atoms with Gasteiger partial charge in [0.15, 0.2) is 0 Å². The van der Waals surface area contributed by atoms with E-state index in [4.69, 9.17) is 0 Å². The summed E-state index contributed by atoms with van der Waals surface area (Å²) in [4.78, 5) is 12.0. The molecule has 98 valence electrons. The van der Waals surface area contributed by atoms with Crippen LogP contribution < -0.4 is 5.32 Å². The van der Waals surface area contributed by atoms with Gasteiger partial charge in [-0.3, -0.25) is 4.79 Å². The summed E-state index contributed by atoms with van der Waals surface area (Å²) in [5, 5.41) is 12.1. The van der Waals surface area contributed by atoms with Gasteiger partial charge in [0.25, 0.3) is 5.91 Å². The lowest BCUT2D eigenvalue weighted by Gasteiger charge is -2.09. The van der Waals surface area contributed by atoms with Crippen LogP contribution in [0.1, 0.15) is 21.5 Å². The first-order valence-electron chi connectivity index (χ1n) is 5.84. The van der Waals surface area contributed by atoms with Crippen LogP contribution in [0.5, 0.6) is 5.75 Å². The number of phenols is 1. The number of phenolic OH excluding ortho intramolecular Hbond substituents is 1. The zero-order valence-electron chi connectivity index (χ0n) is 10.7. The fourth-order valence-corrected chi connectivity index (χ4v) is 1.72. The molecule has 0 aromatic heterocycles. The molecule has 0 spiro atoms. The number of halogens is 1. The Balaban J connectivity index is 2.25. The molecule has 0 aliphatic carbocycles. The van der Waals surface area contributed by atoms with E-state index in [0.717, 1.165) is 5.56 Å². The minimum absolute atomic E-state index is 0.137. The predicted molar refractivity (Wildman–Crippen MR) is 71.9 cm³/mol. The first-order chi connectivity index (χ1) is 8.97. The highest BCUT2D eigenvalue weighted by molar-refractivity contribution is 6.04. The molecule has 0 fully saturated rings. The summed E-state index contributed by atoms with van der Waals surface area (Å²) >= 11 is 0. The zero-order valence-corrected chi connectivity index (χ0v) is 10.7. The average molecular weight is 259 g/mol. The fraction of sp³-hybridized carbons (Fsp3) is 0.133. The van der Waals surface area contributed by atoms with Crippen LogP contribution >= 0.6 is 0 Å². The second-order valence-corrected chi connectivity index (χ2v) is 4.41. The van der Waals surface area contributed by atoms with Gasteiger partial charge in [-0.1, -0.05) is 6.07 Å². The van der Waals surface area contributed by atoms with Crippen molar-refractivity contribution in [2.24, 2.45) is 0 Å². The highest BCUT2D eigenvalue weighted by Crippen LogP contribution is 2.20. The van der Waals surface area contributed by atoms with Crippen LogP contribution in [0, 0.1) is 19.7 Å². The van der Waals surface area contributed by atoms with Crippen LogP contribution in [0.3, 0.4) is 0 Å². The molecular weight excluding hydrogens is 245 g/mol. The molecule has 3 nitrogen and oxygen atoms in total. The summed E-state index contributed by atoms with van der Waals surface area (Å²) < 4.78 is 13.1. The molecular formula is C15H14FNO2. The zero-order chi connectivity index (χ0) is 14.0. The SMILES string of the molecule is Cc1cc(C(=O)Nc2cc(F)ccc2C)ccc1O. The lowest BCUT2D eigenvalue weighted by molar-refractivity contribution is 0.102. The molecule has 0 unspecified atom stereocenters. The number of rotatable bonds is 2. The Morgan fingerprint density at radius 1 is 1.11 bits per heavy atom. The molecule has 0 saturated carbocycles. The van der Waals surface area contributed by atoms with Gasteiger partial charge in [0.05, 0.1) is 0 Å². The molecule has 1 amide bonds. The first kappa shape index (κ1) is 13.1. The summed E-state index contributed by atoms with van der Waals surface area (Å²) in [6.07, 6.45) is 0. The van der Waals surface area contributed by atoms with E-state index in [9.17, 15) is 14.3 Å². The summed E-state index contributed by atoms with van der Waals surface area (Å²) in [6, 6.07) is 8.79. The first-order valence-corrected chi connectivity index (χ1v) is 5.84. The number of nitrogens with one attached hydrogen (secondary N) is 1. The average Bonchev–Trinajstić information content (AvgIpc) is 2.37. The summed E-state index contributed by atoms with van der Waals surface area (Å²) in [6.45, 7) is 3.50. The quantitative estimate of drug-likeness (QED) is 0.868. The van der Waals surface area contributed by atoms with Crippen molar-refractivity contribution < 1.29 is 14.3 Å². The minimum Gasteiger partial charge on any atom is -0.508 e. The lowest BCUT2D eigenvalue weighted by Crippen LogP contribution is -2.13. The van der Waals surface area contributed by atoms with Gasteiger partial charge in [0.1, 0.15) is 11.6 Å². The minimum atomic E-state index is -0.400. The van der Waals surface area contributed by atoms with Gasteiger partial charge >= 0.3 is 0 Å². The van der Waals surface area contributed by atoms with Gasteiger partial charge in [-0.15, -0.1) is 0 Å². The molecule has 4 heteroatoms. The maximum atomic E-state index is 13.1. The molecule has 0 heterocycles. The van der Waals surface area contributed by atoms with E-state index in [1.807, 2.05) is 0 Å². The van der Waals surface area contributed by atoms with Gasteiger partial charge in [-0.25, -0.2) is 4.39 Å². The van der Waals surface area contributed by atoms with E-state index in [-0.39, 0.29) is 11.7 Å². The molecule has 0 saturated heterocycles. The van der Waals surface area contributed by atoms with E-state index in [1.165, 1.54) is 24.3 Å². The Bertz CT molecular complexity index is 638. The van der Waals surface area contributed by atoms with Crippen LogP contribution in [-0.2, 0) is 0 Å². The largest absolute Gasteiger partial charge is 0.508 e. The van der Waals surface area contributed by atoms with Crippen LogP contribution in [0.15, 0.2) is 36.4 Å². The van der Waals surface area contributed by atoms with Crippen molar-refractivity contribution in [1.82, 2.24) is 0 Å². The van der Waals surface area contributed by atoms with Crippen molar-refractivity contribution in [2.45, 2.75) is 13.8 Å². The third-order valence-corrected chi connectivity index (χ3v) is 2.91. The van der Waals surface area contributed by atoms with E-state index in [1.54, 1.807) is 26.0 Å². The van der Waals surface area contributed by atoms with E-state index >= 15 is 0 Å². The van der Waals surface area contributed by atoms with Crippen LogP contribution in [-0.4, -0.2) is 11.0 Å². The number of hydrogen-bond donors (Lipinski definition) is 2. The van der Waals surface area contributed by atoms with Gasteiger partial charge in [-0.05, 0) is 55.3 Å². The summed E-state index contributed by atoms with van der Waals surface area (Å²) in [5.74, 6) is -0.599. The number of amides is 1. The van der Waals surface area contributed by atoms with Crippen molar-refractivity contribution in [1.29, 1.82) is 0 Å². The second kappa shape index (κ2) is 5.10. The van der Waals surface area contributed by atoms with Crippen molar-refractivity contribution in [3.8, 4) is 5.75 Å². The molecule has 2 rings (SSSR count).